The second-order valence-electron chi connectivity index (χ2n) is 13.7. The summed E-state index contributed by atoms with van der Waals surface area (Å²) in [4.78, 5) is 55.1. The van der Waals surface area contributed by atoms with Gasteiger partial charge in [0.2, 0.25) is 11.6 Å². The van der Waals surface area contributed by atoms with E-state index in [1.54, 1.807) is 32.1 Å². The molecular weight excluding hydrogens is 676 g/mol. The number of carbonyl (C=O) groups excluding carboxylic acids is 4. The number of benzene rings is 1. The number of Topliss-reactive ketones (excluding diaryl/α,β-unsaturated/α-hetero) is 1. The van der Waals surface area contributed by atoms with Crippen LogP contribution in [0.3, 0.4) is 0 Å². The first-order valence-electron chi connectivity index (χ1n) is 17.9. The van der Waals surface area contributed by atoms with Crippen LogP contribution in [-0.4, -0.2) is 91.8 Å². The third kappa shape index (κ3) is 11.9. The van der Waals surface area contributed by atoms with Crippen molar-refractivity contribution in [2.45, 2.75) is 77.9 Å². The Hall–Kier alpha value is -4.62. The van der Waals surface area contributed by atoms with Crippen LogP contribution in [-0.2, 0) is 28.6 Å². The van der Waals surface area contributed by atoms with E-state index in [4.69, 9.17) is 19.9 Å². The van der Waals surface area contributed by atoms with Gasteiger partial charge in [-0.2, -0.15) is 0 Å². The molecule has 1 aromatic carbocycles. The number of ether oxygens (including phenoxy) is 3. The molecule has 0 radical (unpaired) electrons. The van der Waals surface area contributed by atoms with Crippen LogP contribution in [0.15, 0.2) is 101 Å². The molecule has 2 bridgehead atoms. The number of nitrogens with one attached hydrogen (secondary N) is 2. The van der Waals surface area contributed by atoms with Crippen molar-refractivity contribution in [2.75, 3.05) is 33.9 Å². The molecule has 7 atom stereocenters. The average Bonchev–Trinajstić information content (AvgIpc) is 3.13. The van der Waals surface area contributed by atoms with E-state index in [1.807, 2.05) is 38.1 Å². The molecular formula is C41H56N4O8. The number of hydrogen-bond donors (Lipinski definition) is 4. The molecule has 1 aliphatic heterocycles. The van der Waals surface area contributed by atoms with E-state index in [9.17, 15) is 24.3 Å². The number of aliphatic hydroxyl groups excluding tert-OH is 1. The number of ketones is 2. The first kappa shape index (κ1) is 42.8. The Morgan fingerprint density at radius 3 is 2.47 bits per heavy atom. The molecule has 0 unspecified atom stereocenters. The lowest BCUT2D eigenvalue weighted by molar-refractivity contribution is -0.120. The number of nitrogens with zero attached hydrogens (tertiary/aromatic N) is 1. The molecule has 1 aromatic rings. The Morgan fingerprint density at radius 1 is 1.15 bits per heavy atom. The smallest absolute Gasteiger partial charge is 0.405 e. The number of hydrogen-bond acceptors (Lipinski definition) is 10. The van der Waals surface area contributed by atoms with Gasteiger partial charge >= 0.3 is 6.09 Å². The minimum absolute atomic E-state index is 0.0750. The molecule has 2 aliphatic rings. The fraction of sp³-hybridized carbons (Fsp3) is 0.463. The van der Waals surface area contributed by atoms with Gasteiger partial charge in [-0.25, -0.2) is 4.79 Å². The zero-order chi connectivity index (χ0) is 39.2. The largest absolute Gasteiger partial charge is 0.439 e. The van der Waals surface area contributed by atoms with Gasteiger partial charge in [-0.1, -0.05) is 74.6 Å². The Balaban J connectivity index is 2.00. The van der Waals surface area contributed by atoms with Crippen molar-refractivity contribution in [2.24, 2.45) is 17.6 Å². The highest BCUT2D eigenvalue weighted by molar-refractivity contribution is 6.23. The summed E-state index contributed by atoms with van der Waals surface area (Å²) in [5.41, 5.74) is 7.66. The first-order valence-corrected chi connectivity index (χ1v) is 17.9. The monoisotopic (exact) mass is 732 g/mol. The van der Waals surface area contributed by atoms with E-state index in [0.717, 1.165) is 11.6 Å². The third-order valence-corrected chi connectivity index (χ3v) is 9.69. The summed E-state index contributed by atoms with van der Waals surface area (Å²) < 4.78 is 16.8. The Kier molecular flexibility index (Phi) is 16.6. The van der Waals surface area contributed by atoms with Gasteiger partial charge in [-0.05, 0) is 50.7 Å². The number of primary amides is 1. The topological polar surface area (TPSA) is 170 Å². The van der Waals surface area contributed by atoms with Crippen molar-refractivity contribution in [3.8, 4) is 0 Å². The number of carbonyl (C=O) groups is 4. The van der Waals surface area contributed by atoms with Crippen LogP contribution in [0.25, 0.3) is 0 Å². The summed E-state index contributed by atoms with van der Waals surface area (Å²) >= 11 is 0. The molecule has 3 rings (SSSR count). The van der Waals surface area contributed by atoms with Crippen molar-refractivity contribution in [1.29, 1.82) is 0 Å². The lowest BCUT2D eigenvalue weighted by atomic mass is 9.85. The molecule has 2 amide bonds. The molecule has 0 fully saturated rings. The number of allylic oxidation sites excluding steroid dienone is 4. The van der Waals surface area contributed by atoms with Gasteiger partial charge in [0.25, 0.3) is 5.91 Å². The van der Waals surface area contributed by atoms with Gasteiger partial charge in [0.05, 0.1) is 23.6 Å². The molecule has 0 saturated carbocycles. The van der Waals surface area contributed by atoms with Gasteiger partial charge in [-0.3, -0.25) is 19.3 Å². The molecule has 12 nitrogen and oxygen atoms in total. The van der Waals surface area contributed by atoms with Crippen LogP contribution >= 0.6 is 0 Å². The number of rotatable bonds is 11. The standard InChI is InChI=1S/C41H56N4O8/c1-9-19-45(29(6)30-15-11-10-12-16-30)20-18-43-36-31-21-25(2)22-35(52-8)37(47)27(4)23-28(5)39(53-41(42)50)34(51-7)17-13-14-26(3)40(49)44-32(38(31)48)24-33(36)46/h9-17,23-25,27,29,34-35,37,39,43,47H,1,18-22H2,2-8H3,(H2,42,50)(H,44,49)/b17-13-,26-14+,28-23+/t25-,27+,29+,34+,35+,37-,39+/m1/s1. The molecule has 53 heavy (non-hydrogen) atoms. The summed E-state index contributed by atoms with van der Waals surface area (Å²) in [6.07, 6.45) is 5.59. The fourth-order valence-electron chi connectivity index (χ4n) is 6.65. The number of amides is 2. The minimum Gasteiger partial charge on any atom is -0.439 e. The van der Waals surface area contributed by atoms with E-state index in [-0.39, 0.29) is 40.9 Å². The number of aliphatic hydroxyl groups is 1. The zero-order valence-electron chi connectivity index (χ0n) is 32.0. The van der Waals surface area contributed by atoms with Crippen LogP contribution in [0.2, 0.25) is 0 Å². The molecule has 1 heterocycles. The van der Waals surface area contributed by atoms with E-state index in [0.29, 0.717) is 31.6 Å². The van der Waals surface area contributed by atoms with Crippen molar-refractivity contribution >= 4 is 23.6 Å². The van der Waals surface area contributed by atoms with Crippen LogP contribution < -0.4 is 16.4 Å². The van der Waals surface area contributed by atoms with E-state index in [1.165, 1.54) is 20.3 Å². The van der Waals surface area contributed by atoms with Gasteiger partial charge in [-0.15, -0.1) is 6.58 Å². The highest BCUT2D eigenvalue weighted by Crippen LogP contribution is 2.29. The Labute approximate surface area is 313 Å². The molecule has 288 valence electrons. The highest BCUT2D eigenvalue weighted by atomic mass is 16.6. The number of fused-ring (bicyclic) bond motifs is 2. The second-order valence-corrected chi connectivity index (χ2v) is 13.7. The van der Waals surface area contributed by atoms with Crippen LogP contribution in [0.4, 0.5) is 4.79 Å². The van der Waals surface area contributed by atoms with Crippen molar-refractivity contribution < 1.29 is 38.5 Å². The lowest BCUT2D eigenvalue weighted by Gasteiger charge is -2.30. The number of methoxy groups -OCH3 is 2. The number of nitrogens with two attached hydrogens (primary N) is 1. The summed E-state index contributed by atoms with van der Waals surface area (Å²) in [6.45, 7) is 14.6. The molecule has 1 aliphatic carbocycles. The Morgan fingerprint density at radius 2 is 1.85 bits per heavy atom. The third-order valence-electron chi connectivity index (χ3n) is 9.69. The molecule has 0 saturated heterocycles. The van der Waals surface area contributed by atoms with Gasteiger partial charge in [0, 0.05) is 63.0 Å². The van der Waals surface area contributed by atoms with Crippen molar-refractivity contribution in [1.82, 2.24) is 15.5 Å². The lowest BCUT2D eigenvalue weighted by Crippen LogP contribution is -2.39. The van der Waals surface area contributed by atoms with Gasteiger partial charge in [0.15, 0.2) is 6.10 Å². The second kappa shape index (κ2) is 20.6. The minimum atomic E-state index is -1.00. The van der Waals surface area contributed by atoms with Crippen LogP contribution in [0, 0.1) is 11.8 Å². The molecule has 0 aromatic heterocycles. The van der Waals surface area contributed by atoms with Crippen molar-refractivity contribution in [3.05, 3.63) is 107 Å². The summed E-state index contributed by atoms with van der Waals surface area (Å²) in [7, 11) is 2.94. The highest BCUT2D eigenvalue weighted by Gasteiger charge is 2.33. The molecule has 0 spiro atoms. The maximum absolute atomic E-state index is 14.1. The SMILES string of the molecule is C=CCN(CCNC1=C2C[C@@H](C)C[C@H](OC)[C@H](O)[C@@H](C)/C=C(\C)[C@H](OC(N)=O)[C@@H](OC)/C=C\C=C(/C)C(=O)NC(=CC1=O)C2=O)[C@@H](C)c1ccccc1. The quantitative estimate of drug-likeness (QED) is 0.186. The maximum Gasteiger partial charge on any atom is 0.405 e. The molecule has 5 N–H and O–H groups in total. The zero-order valence-corrected chi connectivity index (χ0v) is 32.0. The summed E-state index contributed by atoms with van der Waals surface area (Å²) in [5, 5.41) is 17.3. The van der Waals surface area contributed by atoms with E-state index < -0.39 is 53.9 Å². The van der Waals surface area contributed by atoms with Gasteiger partial charge in [0.1, 0.15) is 6.10 Å². The average molecular weight is 733 g/mol. The van der Waals surface area contributed by atoms with Crippen molar-refractivity contribution in [3.63, 3.8) is 0 Å². The van der Waals surface area contributed by atoms with Crippen LogP contribution in [0.5, 0.6) is 0 Å². The predicted octanol–water partition coefficient (Wildman–Crippen LogP) is 4.60. The summed E-state index contributed by atoms with van der Waals surface area (Å²) in [6, 6.07) is 10.2. The Bertz CT molecular complexity index is 1630. The maximum atomic E-state index is 14.1. The van der Waals surface area contributed by atoms with Crippen LogP contribution in [0.1, 0.15) is 59.1 Å². The predicted molar refractivity (Wildman–Crippen MR) is 204 cm³/mol. The van der Waals surface area contributed by atoms with E-state index in [2.05, 4.69) is 41.2 Å². The summed E-state index contributed by atoms with van der Waals surface area (Å²) in [5.74, 6) is -2.18. The molecule has 12 heteroatoms. The normalized spacial score (nSPS) is 28.2. The van der Waals surface area contributed by atoms with E-state index >= 15 is 0 Å². The first-order chi connectivity index (χ1) is 25.2. The fourth-order valence-corrected chi connectivity index (χ4v) is 6.65. The van der Waals surface area contributed by atoms with Gasteiger partial charge < -0.3 is 35.7 Å².